The van der Waals surface area contributed by atoms with Crippen LogP contribution in [0.1, 0.15) is 27.6 Å². The van der Waals surface area contributed by atoms with Crippen LogP contribution in [0.4, 0.5) is 0 Å². The molecule has 84 valence electrons. The zero-order valence-corrected chi connectivity index (χ0v) is 8.71. The summed E-state index contributed by atoms with van der Waals surface area (Å²) in [6, 6.07) is 6.51. The molecule has 0 aromatic heterocycles. The first kappa shape index (κ1) is 10.8. The molecule has 0 unspecified atom stereocenters. The molecular formula is C11H11NO4. The number of carbonyl (C=O) groups is 2. The summed E-state index contributed by atoms with van der Waals surface area (Å²) in [5, 5.41) is 9.72. The third-order valence-electron chi connectivity index (χ3n) is 2.20. The van der Waals surface area contributed by atoms with E-state index in [1.807, 2.05) is 0 Å². The van der Waals surface area contributed by atoms with E-state index in [1.54, 1.807) is 24.3 Å². The van der Waals surface area contributed by atoms with Crippen LogP contribution in [0, 0.1) is 0 Å². The molecule has 0 saturated carbocycles. The van der Waals surface area contributed by atoms with Crippen molar-refractivity contribution in [1.82, 2.24) is 5.06 Å². The van der Waals surface area contributed by atoms with Gasteiger partial charge < -0.3 is 5.11 Å². The Morgan fingerprint density at radius 1 is 1.25 bits per heavy atom. The van der Waals surface area contributed by atoms with Gasteiger partial charge in [-0.25, -0.2) is 0 Å². The number of hydroxylamine groups is 2. The summed E-state index contributed by atoms with van der Waals surface area (Å²) in [5.41, 5.74) is 0.663. The summed E-state index contributed by atoms with van der Waals surface area (Å²) in [6.45, 7) is 1.42. The van der Waals surface area contributed by atoms with Crippen molar-refractivity contribution in [2.24, 2.45) is 0 Å². The average molecular weight is 221 g/mol. The number of benzene rings is 1. The van der Waals surface area contributed by atoms with E-state index < -0.39 is 17.9 Å². The summed E-state index contributed by atoms with van der Waals surface area (Å²) in [4.78, 5) is 28.4. The summed E-state index contributed by atoms with van der Waals surface area (Å²) in [5.74, 6) is -0.970. The maximum atomic E-state index is 11.7. The van der Waals surface area contributed by atoms with E-state index in [2.05, 4.69) is 0 Å². The van der Waals surface area contributed by atoms with E-state index in [-0.39, 0.29) is 6.61 Å². The summed E-state index contributed by atoms with van der Waals surface area (Å²) in [6.07, 6.45) is -0.732. The highest BCUT2D eigenvalue weighted by atomic mass is 16.7. The molecule has 1 aliphatic rings. The van der Waals surface area contributed by atoms with Gasteiger partial charge in [0.1, 0.15) is 6.61 Å². The Bertz CT molecular complexity index is 406. The third kappa shape index (κ3) is 1.70. The Morgan fingerprint density at radius 3 is 2.19 bits per heavy atom. The molecule has 1 aromatic rings. The summed E-state index contributed by atoms with van der Waals surface area (Å²) < 4.78 is 0. The van der Waals surface area contributed by atoms with Crippen LogP contribution in [-0.4, -0.2) is 34.7 Å². The zero-order chi connectivity index (χ0) is 11.7. The van der Waals surface area contributed by atoms with Gasteiger partial charge in [0, 0.05) is 0 Å². The molecule has 0 radical (unpaired) electrons. The van der Waals surface area contributed by atoms with Crippen molar-refractivity contribution >= 4 is 11.8 Å². The first-order valence-electron chi connectivity index (χ1n) is 4.90. The lowest BCUT2D eigenvalue weighted by molar-refractivity contribution is -0.113. The number of carbonyl (C=O) groups excluding carboxylic acids is 2. The van der Waals surface area contributed by atoms with Crippen LogP contribution in [0.15, 0.2) is 24.3 Å². The Hall–Kier alpha value is -1.72. The monoisotopic (exact) mass is 221 g/mol. The molecule has 0 aliphatic carbocycles. The molecular weight excluding hydrogens is 210 g/mol. The fraction of sp³-hybridized carbons (Fsp3) is 0.273. The van der Waals surface area contributed by atoms with Gasteiger partial charge in [0.05, 0.1) is 17.2 Å². The molecule has 1 heterocycles. The SMILES string of the molecule is C[C@H](O)CON1C(=O)c2ccccc2C1=O. The smallest absolute Gasteiger partial charge is 0.285 e. The van der Waals surface area contributed by atoms with E-state index >= 15 is 0 Å². The molecule has 1 aliphatic heterocycles. The van der Waals surface area contributed by atoms with E-state index in [4.69, 9.17) is 9.94 Å². The van der Waals surface area contributed by atoms with Crippen LogP contribution in [0.2, 0.25) is 0 Å². The number of aliphatic hydroxyl groups is 1. The van der Waals surface area contributed by atoms with Gasteiger partial charge in [0.15, 0.2) is 0 Å². The summed E-state index contributed by atoms with van der Waals surface area (Å²) in [7, 11) is 0. The molecule has 1 N–H and O–H groups in total. The molecule has 0 spiro atoms. The van der Waals surface area contributed by atoms with Crippen LogP contribution in [0.3, 0.4) is 0 Å². The second kappa shape index (κ2) is 4.03. The second-order valence-corrected chi connectivity index (χ2v) is 3.60. The molecule has 16 heavy (non-hydrogen) atoms. The number of fused-ring (bicyclic) bond motifs is 1. The number of aliphatic hydroxyl groups excluding tert-OH is 1. The first-order valence-corrected chi connectivity index (χ1v) is 4.90. The van der Waals surface area contributed by atoms with Gasteiger partial charge in [0.25, 0.3) is 11.8 Å². The zero-order valence-electron chi connectivity index (χ0n) is 8.71. The van der Waals surface area contributed by atoms with Crippen LogP contribution >= 0.6 is 0 Å². The Morgan fingerprint density at radius 2 is 1.75 bits per heavy atom. The fourth-order valence-corrected chi connectivity index (χ4v) is 1.47. The number of rotatable bonds is 3. The minimum atomic E-state index is -0.732. The van der Waals surface area contributed by atoms with Gasteiger partial charge in [-0.15, -0.1) is 5.06 Å². The van der Waals surface area contributed by atoms with Crippen molar-refractivity contribution < 1.29 is 19.5 Å². The predicted octanol–water partition coefficient (Wildman–Crippen LogP) is 0.595. The molecule has 5 heteroatoms. The van der Waals surface area contributed by atoms with Gasteiger partial charge >= 0.3 is 0 Å². The van der Waals surface area contributed by atoms with Crippen LogP contribution in [0.25, 0.3) is 0 Å². The van der Waals surface area contributed by atoms with Gasteiger partial charge in [-0.05, 0) is 19.1 Å². The highest BCUT2D eigenvalue weighted by molar-refractivity contribution is 6.20. The van der Waals surface area contributed by atoms with Crippen molar-refractivity contribution in [3.8, 4) is 0 Å². The number of hydrogen-bond acceptors (Lipinski definition) is 4. The van der Waals surface area contributed by atoms with Gasteiger partial charge in [-0.1, -0.05) is 12.1 Å². The van der Waals surface area contributed by atoms with E-state index in [0.29, 0.717) is 16.2 Å². The molecule has 0 bridgehead atoms. The highest BCUT2D eigenvalue weighted by Crippen LogP contribution is 2.22. The van der Waals surface area contributed by atoms with Crippen LogP contribution in [0.5, 0.6) is 0 Å². The number of amides is 2. The van der Waals surface area contributed by atoms with Crippen molar-refractivity contribution in [1.29, 1.82) is 0 Å². The molecule has 5 nitrogen and oxygen atoms in total. The number of imide groups is 1. The maximum Gasteiger partial charge on any atom is 0.285 e. The topological polar surface area (TPSA) is 66.8 Å². The minimum absolute atomic E-state index is 0.0918. The van der Waals surface area contributed by atoms with E-state index in [0.717, 1.165) is 0 Å². The fourth-order valence-electron chi connectivity index (χ4n) is 1.47. The predicted molar refractivity (Wildman–Crippen MR) is 54.6 cm³/mol. The summed E-state index contributed by atoms with van der Waals surface area (Å²) >= 11 is 0. The molecule has 2 amide bonds. The van der Waals surface area contributed by atoms with E-state index in [9.17, 15) is 9.59 Å². The second-order valence-electron chi connectivity index (χ2n) is 3.60. The largest absolute Gasteiger partial charge is 0.391 e. The van der Waals surface area contributed by atoms with Gasteiger partial charge in [-0.3, -0.25) is 14.4 Å². The normalized spacial score (nSPS) is 16.5. The molecule has 2 rings (SSSR count). The number of hydrogen-bond donors (Lipinski definition) is 1. The Labute approximate surface area is 92.2 Å². The molecule has 0 fully saturated rings. The molecule has 1 atom stereocenters. The minimum Gasteiger partial charge on any atom is -0.391 e. The maximum absolute atomic E-state index is 11.7. The van der Waals surface area contributed by atoms with Crippen molar-refractivity contribution in [2.45, 2.75) is 13.0 Å². The third-order valence-corrected chi connectivity index (χ3v) is 2.20. The Kier molecular flexibility index (Phi) is 2.72. The Balaban J connectivity index is 2.22. The van der Waals surface area contributed by atoms with Crippen LogP contribution in [-0.2, 0) is 4.84 Å². The molecule has 0 saturated heterocycles. The first-order chi connectivity index (χ1) is 7.61. The van der Waals surface area contributed by atoms with Gasteiger partial charge in [0.2, 0.25) is 0 Å². The van der Waals surface area contributed by atoms with Crippen molar-refractivity contribution in [3.05, 3.63) is 35.4 Å². The lowest BCUT2D eigenvalue weighted by Gasteiger charge is -2.14. The standard InChI is InChI=1S/C11H11NO4/c1-7(13)6-16-12-10(14)8-4-2-3-5-9(8)11(12)15/h2-5,7,13H,6H2,1H3/t7-/m0/s1. The van der Waals surface area contributed by atoms with Crippen molar-refractivity contribution in [3.63, 3.8) is 0 Å². The van der Waals surface area contributed by atoms with Crippen molar-refractivity contribution in [2.75, 3.05) is 6.61 Å². The molecule has 1 aromatic carbocycles. The average Bonchev–Trinajstić information content (AvgIpc) is 2.50. The quantitative estimate of drug-likeness (QED) is 0.759. The van der Waals surface area contributed by atoms with Gasteiger partial charge in [-0.2, -0.15) is 0 Å². The number of nitrogens with zero attached hydrogens (tertiary/aromatic N) is 1. The highest BCUT2D eigenvalue weighted by Gasteiger charge is 2.36. The van der Waals surface area contributed by atoms with E-state index in [1.165, 1.54) is 6.92 Å². The van der Waals surface area contributed by atoms with Crippen LogP contribution < -0.4 is 0 Å². The lowest BCUT2D eigenvalue weighted by Crippen LogP contribution is -2.32. The lowest BCUT2D eigenvalue weighted by atomic mass is 10.1.